The van der Waals surface area contributed by atoms with E-state index in [1.165, 1.54) is 25.7 Å². The SMILES string of the molecule is Cc1ncc(NCC2(C3CC3)CC2)nc1C. The Labute approximate surface area is 96.7 Å². The van der Waals surface area contributed by atoms with Crippen molar-refractivity contribution in [1.82, 2.24) is 9.97 Å². The van der Waals surface area contributed by atoms with E-state index >= 15 is 0 Å². The molecule has 16 heavy (non-hydrogen) atoms. The van der Waals surface area contributed by atoms with Crippen molar-refractivity contribution in [2.45, 2.75) is 39.5 Å². The van der Waals surface area contributed by atoms with Gasteiger partial charge in [-0.1, -0.05) is 0 Å². The van der Waals surface area contributed by atoms with Crippen LogP contribution in [0.2, 0.25) is 0 Å². The van der Waals surface area contributed by atoms with E-state index in [0.717, 1.165) is 29.7 Å². The minimum Gasteiger partial charge on any atom is -0.368 e. The maximum atomic E-state index is 4.51. The smallest absolute Gasteiger partial charge is 0.144 e. The third-order valence-corrected chi connectivity index (χ3v) is 4.15. The molecule has 0 bridgehead atoms. The van der Waals surface area contributed by atoms with Crippen molar-refractivity contribution in [3.05, 3.63) is 17.6 Å². The molecule has 3 rings (SSSR count). The second-order valence-corrected chi connectivity index (χ2v) is 5.42. The molecule has 86 valence electrons. The number of aryl methyl sites for hydroxylation is 2. The van der Waals surface area contributed by atoms with E-state index in [1.807, 2.05) is 20.0 Å². The number of anilines is 1. The van der Waals surface area contributed by atoms with Crippen molar-refractivity contribution >= 4 is 5.82 Å². The molecule has 2 saturated carbocycles. The normalized spacial score (nSPS) is 21.9. The van der Waals surface area contributed by atoms with Gasteiger partial charge < -0.3 is 5.32 Å². The molecule has 0 atom stereocenters. The first-order valence-electron chi connectivity index (χ1n) is 6.24. The second kappa shape index (κ2) is 3.44. The molecule has 2 fully saturated rings. The number of hydrogen-bond donors (Lipinski definition) is 1. The first-order valence-corrected chi connectivity index (χ1v) is 6.24. The van der Waals surface area contributed by atoms with Gasteiger partial charge in [-0.2, -0.15) is 0 Å². The largest absolute Gasteiger partial charge is 0.368 e. The van der Waals surface area contributed by atoms with Gasteiger partial charge in [0.25, 0.3) is 0 Å². The van der Waals surface area contributed by atoms with Gasteiger partial charge in [-0.25, -0.2) is 4.98 Å². The Morgan fingerprint density at radius 2 is 2.06 bits per heavy atom. The average Bonchev–Trinajstić information content (AvgIpc) is 3.13. The van der Waals surface area contributed by atoms with Gasteiger partial charge in [0.05, 0.1) is 17.6 Å². The fourth-order valence-corrected chi connectivity index (χ4v) is 2.48. The molecule has 2 aliphatic rings. The zero-order chi connectivity index (χ0) is 11.2. The number of rotatable bonds is 4. The highest BCUT2D eigenvalue weighted by Gasteiger charge is 2.53. The van der Waals surface area contributed by atoms with Crippen LogP contribution >= 0.6 is 0 Å². The molecule has 1 aromatic rings. The van der Waals surface area contributed by atoms with Gasteiger partial charge in [-0.3, -0.25) is 4.98 Å². The lowest BCUT2D eigenvalue weighted by Crippen LogP contribution is -2.18. The van der Waals surface area contributed by atoms with Crippen LogP contribution in [0.25, 0.3) is 0 Å². The Kier molecular flexibility index (Phi) is 2.16. The molecule has 0 aromatic carbocycles. The Hall–Kier alpha value is -1.12. The summed E-state index contributed by atoms with van der Waals surface area (Å²) in [5.41, 5.74) is 2.68. The van der Waals surface area contributed by atoms with E-state index in [1.54, 1.807) is 0 Å². The van der Waals surface area contributed by atoms with E-state index in [-0.39, 0.29) is 0 Å². The highest BCUT2D eigenvalue weighted by molar-refractivity contribution is 5.34. The minimum atomic E-state index is 0.625. The first-order chi connectivity index (χ1) is 7.70. The molecule has 0 aliphatic heterocycles. The van der Waals surface area contributed by atoms with Crippen molar-refractivity contribution in [2.24, 2.45) is 11.3 Å². The molecule has 0 radical (unpaired) electrons. The zero-order valence-electron chi connectivity index (χ0n) is 10.1. The van der Waals surface area contributed by atoms with Crippen molar-refractivity contribution in [1.29, 1.82) is 0 Å². The molecule has 3 heteroatoms. The van der Waals surface area contributed by atoms with Gasteiger partial charge in [0, 0.05) is 6.54 Å². The van der Waals surface area contributed by atoms with Gasteiger partial charge in [0.15, 0.2) is 0 Å². The van der Waals surface area contributed by atoms with Crippen LogP contribution in [-0.4, -0.2) is 16.5 Å². The van der Waals surface area contributed by atoms with Gasteiger partial charge in [-0.05, 0) is 50.9 Å². The minimum absolute atomic E-state index is 0.625. The maximum absolute atomic E-state index is 4.51. The Bertz CT molecular complexity index is 406. The number of aromatic nitrogens is 2. The van der Waals surface area contributed by atoms with E-state index < -0.39 is 0 Å². The van der Waals surface area contributed by atoms with Crippen LogP contribution in [0, 0.1) is 25.2 Å². The van der Waals surface area contributed by atoms with E-state index in [2.05, 4.69) is 15.3 Å². The summed E-state index contributed by atoms with van der Waals surface area (Å²) in [5, 5.41) is 3.46. The summed E-state index contributed by atoms with van der Waals surface area (Å²) in [5.74, 6) is 1.94. The molecule has 1 N–H and O–H groups in total. The lowest BCUT2D eigenvalue weighted by molar-refractivity contribution is 0.466. The van der Waals surface area contributed by atoms with Gasteiger partial charge in [0.1, 0.15) is 5.82 Å². The van der Waals surface area contributed by atoms with Crippen molar-refractivity contribution < 1.29 is 0 Å². The Balaban J connectivity index is 1.63. The van der Waals surface area contributed by atoms with Crippen LogP contribution < -0.4 is 5.32 Å². The zero-order valence-corrected chi connectivity index (χ0v) is 10.1. The summed E-state index contributed by atoms with van der Waals surface area (Å²) in [6.45, 7) is 5.11. The van der Waals surface area contributed by atoms with Gasteiger partial charge >= 0.3 is 0 Å². The highest BCUT2D eigenvalue weighted by Crippen LogP contribution is 2.61. The predicted octanol–water partition coefficient (Wildman–Crippen LogP) is 2.70. The molecule has 0 amide bonds. The topological polar surface area (TPSA) is 37.8 Å². The summed E-state index contributed by atoms with van der Waals surface area (Å²) in [7, 11) is 0. The summed E-state index contributed by atoms with van der Waals surface area (Å²) >= 11 is 0. The standard InChI is InChI=1S/C13H19N3/c1-9-10(2)16-12(7-14-9)15-8-13(5-6-13)11-3-4-11/h7,11H,3-6,8H2,1-2H3,(H,15,16). The van der Waals surface area contributed by atoms with Crippen molar-refractivity contribution in [3.63, 3.8) is 0 Å². The molecule has 0 saturated heterocycles. The second-order valence-electron chi connectivity index (χ2n) is 5.42. The maximum Gasteiger partial charge on any atom is 0.144 e. The van der Waals surface area contributed by atoms with E-state index in [9.17, 15) is 0 Å². The lowest BCUT2D eigenvalue weighted by Gasteiger charge is -2.15. The molecular weight excluding hydrogens is 198 g/mol. The molecule has 1 heterocycles. The highest BCUT2D eigenvalue weighted by atomic mass is 15.0. The van der Waals surface area contributed by atoms with Crippen LogP contribution in [0.4, 0.5) is 5.82 Å². The average molecular weight is 217 g/mol. The third-order valence-electron chi connectivity index (χ3n) is 4.15. The van der Waals surface area contributed by atoms with Crippen LogP contribution in [0.3, 0.4) is 0 Å². The quantitative estimate of drug-likeness (QED) is 0.842. The number of nitrogens with zero attached hydrogens (tertiary/aromatic N) is 2. The molecule has 2 aliphatic carbocycles. The van der Waals surface area contributed by atoms with Crippen LogP contribution in [0.1, 0.15) is 37.1 Å². The summed E-state index contributed by atoms with van der Waals surface area (Å²) in [4.78, 5) is 8.84. The Morgan fingerprint density at radius 3 is 2.62 bits per heavy atom. The predicted molar refractivity (Wildman–Crippen MR) is 64.4 cm³/mol. The number of nitrogens with one attached hydrogen (secondary N) is 1. The van der Waals surface area contributed by atoms with Gasteiger partial charge in [-0.15, -0.1) is 0 Å². The monoisotopic (exact) mass is 217 g/mol. The van der Waals surface area contributed by atoms with E-state index in [4.69, 9.17) is 0 Å². The van der Waals surface area contributed by atoms with Crippen molar-refractivity contribution in [3.8, 4) is 0 Å². The number of hydrogen-bond acceptors (Lipinski definition) is 3. The fourth-order valence-electron chi connectivity index (χ4n) is 2.48. The summed E-state index contributed by atoms with van der Waals surface area (Å²) in [6.07, 6.45) is 7.55. The first kappa shape index (κ1) is 10.1. The van der Waals surface area contributed by atoms with Gasteiger partial charge in [0.2, 0.25) is 0 Å². The molecule has 3 nitrogen and oxygen atoms in total. The molecular formula is C13H19N3. The van der Waals surface area contributed by atoms with Crippen LogP contribution in [0.15, 0.2) is 6.20 Å². The van der Waals surface area contributed by atoms with Crippen molar-refractivity contribution in [2.75, 3.05) is 11.9 Å². The van der Waals surface area contributed by atoms with E-state index in [0.29, 0.717) is 5.41 Å². The van der Waals surface area contributed by atoms with Crippen LogP contribution in [0.5, 0.6) is 0 Å². The molecule has 0 unspecified atom stereocenters. The fraction of sp³-hybridized carbons (Fsp3) is 0.692. The molecule has 1 aromatic heterocycles. The summed E-state index contributed by atoms with van der Waals surface area (Å²) in [6, 6.07) is 0. The Morgan fingerprint density at radius 1 is 1.31 bits per heavy atom. The van der Waals surface area contributed by atoms with Crippen LogP contribution in [-0.2, 0) is 0 Å². The summed E-state index contributed by atoms with van der Waals surface area (Å²) < 4.78 is 0. The third kappa shape index (κ3) is 1.79. The lowest BCUT2D eigenvalue weighted by atomic mass is 10.0. The molecule has 0 spiro atoms.